The number of hydrogen-bond donors (Lipinski definition) is 1. The van der Waals surface area contributed by atoms with Gasteiger partial charge in [0.2, 0.25) is 0 Å². The van der Waals surface area contributed by atoms with Gasteiger partial charge in [-0.1, -0.05) is 25.1 Å². The van der Waals surface area contributed by atoms with Crippen LogP contribution in [0.4, 0.5) is 10.5 Å². The summed E-state index contributed by atoms with van der Waals surface area (Å²) in [5.74, 6) is 1.55. The highest BCUT2D eigenvalue weighted by Gasteiger charge is 2.32. The summed E-state index contributed by atoms with van der Waals surface area (Å²) < 4.78 is 10.9. The first-order chi connectivity index (χ1) is 13.1. The molecule has 1 N–H and O–H groups in total. The standard InChI is InChI=1S/C22H28N2O3/c1-5-16-9-6-8-15(2)21(16)23-22(25)24-13-7-10-19(24)18-14-17(26-3)11-12-20(18)27-4/h6,8-9,11-12,14,19H,5,7,10,13H2,1-4H3,(H,23,25). The largest absolute Gasteiger partial charge is 0.497 e. The Bertz CT molecular complexity index is 819. The van der Waals surface area contributed by atoms with Gasteiger partial charge in [0.25, 0.3) is 0 Å². The van der Waals surface area contributed by atoms with Crippen LogP contribution in [-0.4, -0.2) is 31.7 Å². The molecule has 5 heteroatoms. The van der Waals surface area contributed by atoms with Crippen LogP contribution in [0.3, 0.4) is 0 Å². The molecule has 144 valence electrons. The minimum Gasteiger partial charge on any atom is -0.497 e. The van der Waals surface area contributed by atoms with E-state index < -0.39 is 0 Å². The number of carbonyl (C=O) groups excluding carboxylic acids is 1. The van der Waals surface area contributed by atoms with Gasteiger partial charge in [0.05, 0.1) is 20.3 Å². The third-order valence-electron chi connectivity index (χ3n) is 5.28. The van der Waals surface area contributed by atoms with Crippen LogP contribution in [0.2, 0.25) is 0 Å². The Balaban J connectivity index is 1.88. The Kier molecular flexibility index (Phi) is 5.89. The number of para-hydroxylation sites is 1. The van der Waals surface area contributed by atoms with Crippen molar-refractivity contribution < 1.29 is 14.3 Å². The molecule has 1 aliphatic heterocycles. The van der Waals surface area contributed by atoms with Gasteiger partial charge in [-0.05, 0) is 55.5 Å². The highest BCUT2D eigenvalue weighted by atomic mass is 16.5. The second kappa shape index (κ2) is 8.33. The molecule has 1 aliphatic rings. The lowest BCUT2D eigenvalue weighted by molar-refractivity contribution is 0.206. The van der Waals surface area contributed by atoms with Crippen LogP contribution in [0.15, 0.2) is 36.4 Å². The van der Waals surface area contributed by atoms with E-state index in [0.29, 0.717) is 0 Å². The maximum absolute atomic E-state index is 13.1. The van der Waals surface area contributed by atoms with Crippen molar-refractivity contribution in [2.45, 2.75) is 39.2 Å². The molecule has 3 rings (SSSR count). The molecular weight excluding hydrogens is 340 g/mol. The first-order valence-electron chi connectivity index (χ1n) is 9.47. The van der Waals surface area contributed by atoms with Crippen molar-refractivity contribution in [3.63, 3.8) is 0 Å². The second-order valence-electron chi connectivity index (χ2n) is 6.85. The van der Waals surface area contributed by atoms with Crippen molar-refractivity contribution in [2.24, 2.45) is 0 Å². The Labute approximate surface area is 161 Å². The second-order valence-corrected chi connectivity index (χ2v) is 6.85. The van der Waals surface area contributed by atoms with E-state index >= 15 is 0 Å². The van der Waals surface area contributed by atoms with Crippen LogP contribution in [0.25, 0.3) is 0 Å². The van der Waals surface area contributed by atoms with E-state index in [2.05, 4.69) is 18.3 Å². The van der Waals surface area contributed by atoms with Gasteiger partial charge in [-0.25, -0.2) is 4.79 Å². The summed E-state index contributed by atoms with van der Waals surface area (Å²) in [5.41, 5.74) is 4.15. The van der Waals surface area contributed by atoms with Crippen LogP contribution in [0.5, 0.6) is 11.5 Å². The minimum absolute atomic E-state index is 0.0239. The molecule has 0 bridgehead atoms. The molecule has 1 heterocycles. The third-order valence-corrected chi connectivity index (χ3v) is 5.28. The predicted octanol–water partition coefficient (Wildman–Crippen LogP) is 4.94. The molecule has 5 nitrogen and oxygen atoms in total. The summed E-state index contributed by atoms with van der Waals surface area (Å²) in [7, 11) is 3.31. The van der Waals surface area contributed by atoms with Crippen LogP contribution in [-0.2, 0) is 6.42 Å². The summed E-state index contributed by atoms with van der Waals surface area (Å²) in [6.07, 6.45) is 2.75. The lowest BCUT2D eigenvalue weighted by Crippen LogP contribution is -2.35. The summed E-state index contributed by atoms with van der Waals surface area (Å²) in [4.78, 5) is 15.0. The number of benzene rings is 2. The maximum atomic E-state index is 13.1. The van der Waals surface area contributed by atoms with Crippen molar-refractivity contribution in [3.8, 4) is 11.5 Å². The number of methoxy groups -OCH3 is 2. The number of ether oxygens (including phenoxy) is 2. The molecule has 1 saturated heterocycles. The van der Waals surface area contributed by atoms with Gasteiger partial charge in [0, 0.05) is 17.8 Å². The highest BCUT2D eigenvalue weighted by Crippen LogP contribution is 2.39. The molecule has 27 heavy (non-hydrogen) atoms. The Hall–Kier alpha value is -2.69. The summed E-state index contributed by atoms with van der Waals surface area (Å²) >= 11 is 0. The van der Waals surface area contributed by atoms with E-state index in [0.717, 1.165) is 59.7 Å². The number of aryl methyl sites for hydroxylation is 2. The smallest absolute Gasteiger partial charge is 0.322 e. The molecule has 0 aliphatic carbocycles. The fraction of sp³-hybridized carbons (Fsp3) is 0.409. The molecule has 1 atom stereocenters. The van der Waals surface area contributed by atoms with Gasteiger partial charge < -0.3 is 19.7 Å². The summed E-state index contributed by atoms with van der Waals surface area (Å²) in [6, 6.07) is 11.8. The van der Waals surface area contributed by atoms with Crippen molar-refractivity contribution in [3.05, 3.63) is 53.1 Å². The molecule has 2 aromatic carbocycles. The van der Waals surface area contributed by atoms with Crippen LogP contribution >= 0.6 is 0 Å². The molecule has 0 radical (unpaired) electrons. The Morgan fingerprint density at radius 3 is 2.74 bits per heavy atom. The molecule has 0 spiro atoms. The molecule has 1 fully saturated rings. The number of nitrogens with one attached hydrogen (secondary N) is 1. The number of carbonyl (C=O) groups is 1. The van der Waals surface area contributed by atoms with Gasteiger partial charge in [-0.3, -0.25) is 0 Å². The first-order valence-corrected chi connectivity index (χ1v) is 9.47. The number of likely N-dealkylation sites (tertiary alicyclic amines) is 1. The predicted molar refractivity (Wildman–Crippen MR) is 108 cm³/mol. The number of rotatable bonds is 5. The van der Waals surface area contributed by atoms with E-state index in [4.69, 9.17) is 9.47 Å². The molecule has 0 saturated carbocycles. The van der Waals surface area contributed by atoms with Crippen LogP contribution < -0.4 is 14.8 Å². The molecule has 1 unspecified atom stereocenters. The third kappa shape index (κ3) is 3.87. The average molecular weight is 368 g/mol. The zero-order valence-corrected chi connectivity index (χ0v) is 16.5. The number of nitrogens with zero attached hydrogens (tertiary/aromatic N) is 1. The van der Waals surface area contributed by atoms with Crippen LogP contribution in [0.1, 0.15) is 42.5 Å². The van der Waals surface area contributed by atoms with E-state index in [1.165, 1.54) is 0 Å². The molecule has 2 aromatic rings. The first kappa shape index (κ1) is 19.1. The zero-order valence-electron chi connectivity index (χ0n) is 16.5. The van der Waals surface area contributed by atoms with E-state index in [1.807, 2.05) is 42.2 Å². The normalized spacial score (nSPS) is 16.3. The van der Waals surface area contributed by atoms with Crippen LogP contribution in [0, 0.1) is 6.92 Å². The SMILES string of the molecule is CCc1cccc(C)c1NC(=O)N1CCCC1c1cc(OC)ccc1OC. The summed E-state index contributed by atoms with van der Waals surface area (Å²) in [6.45, 7) is 4.86. The fourth-order valence-corrected chi connectivity index (χ4v) is 3.81. The number of anilines is 1. The zero-order chi connectivity index (χ0) is 19.4. The maximum Gasteiger partial charge on any atom is 0.322 e. The lowest BCUT2D eigenvalue weighted by Gasteiger charge is -2.27. The number of urea groups is 1. The Morgan fingerprint density at radius 2 is 2.04 bits per heavy atom. The van der Waals surface area contributed by atoms with Crippen molar-refractivity contribution in [1.29, 1.82) is 0 Å². The van der Waals surface area contributed by atoms with Gasteiger partial charge >= 0.3 is 6.03 Å². The van der Waals surface area contributed by atoms with Crippen molar-refractivity contribution in [2.75, 3.05) is 26.1 Å². The highest BCUT2D eigenvalue weighted by molar-refractivity contribution is 5.91. The van der Waals surface area contributed by atoms with Gasteiger partial charge in [0.1, 0.15) is 11.5 Å². The molecular formula is C22H28N2O3. The summed E-state index contributed by atoms with van der Waals surface area (Å²) in [5, 5.41) is 3.15. The lowest BCUT2D eigenvalue weighted by atomic mass is 10.0. The number of hydrogen-bond acceptors (Lipinski definition) is 3. The van der Waals surface area contributed by atoms with Gasteiger partial charge in [-0.2, -0.15) is 0 Å². The number of amides is 2. The minimum atomic E-state index is -0.0635. The quantitative estimate of drug-likeness (QED) is 0.813. The van der Waals surface area contributed by atoms with Crippen molar-refractivity contribution >= 4 is 11.7 Å². The Morgan fingerprint density at radius 1 is 1.22 bits per heavy atom. The molecule has 0 aromatic heterocycles. The average Bonchev–Trinajstić information content (AvgIpc) is 3.18. The monoisotopic (exact) mass is 368 g/mol. The van der Waals surface area contributed by atoms with E-state index in [9.17, 15) is 4.79 Å². The van der Waals surface area contributed by atoms with Gasteiger partial charge in [-0.15, -0.1) is 0 Å². The van der Waals surface area contributed by atoms with E-state index in [-0.39, 0.29) is 12.1 Å². The van der Waals surface area contributed by atoms with Crippen molar-refractivity contribution in [1.82, 2.24) is 4.90 Å². The van der Waals surface area contributed by atoms with Gasteiger partial charge in [0.15, 0.2) is 0 Å². The molecule has 2 amide bonds. The van der Waals surface area contributed by atoms with E-state index in [1.54, 1.807) is 14.2 Å². The topological polar surface area (TPSA) is 50.8 Å². The fourth-order valence-electron chi connectivity index (χ4n) is 3.81.